The van der Waals surface area contributed by atoms with Gasteiger partial charge >= 0.3 is 12.2 Å². The first-order valence-corrected chi connectivity index (χ1v) is 8.14. The third kappa shape index (κ3) is 4.36. The lowest BCUT2D eigenvalue weighted by Crippen LogP contribution is -2.20. The van der Waals surface area contributed by atoms with Crippen LogP contribution in [0.25, 0.3) is 11.5 Å². The Morgan fingerprint density at radius 1 is 1.29 bits per heavy atom. The van der Waals surface area contributed by atoms with E-state index in [9.17, 15) is 18.0 Å². The highest BCUT2D eigenvalue weighted by Gasteiger charge is 2.36. The minimum atomic E-state index is -4.72. The zero-order valence-electron chi connectivity index (χ0n) is 14.1. The topological polar surface area (TPSA) is 102 Å². The zero-order chi connectivity index (χ0) is 20.3. The predicted molar refractivity (Wildman–Crippen MR) is 92.3 cm³/mol. The van der Waals surface area contributed by atoms with Crippen LogP contribution in [0, 0.1) is 0 Å². The number of ether oxygens (including phenoxy) is 1. The number of carbonyl (C=O) groups is 1. The lowest BCUT2D eigenvalue weighted by molar-refractivity contribution is -0.155. The molecule has 2 amide bonds. The van der Waals surface area contributed by atoms with Crippen molar-refractivity contribution in [2.45, 2.75) is 13.1 Å². The Kier molecular flexibility index (Phi) is 5.45. The van der Waals surface area contributed by atoms with Crippen molar-refractivity contribution in [3.8, 4) is 17.2 Å². The molecule has 0 atom stereocenters. The van der Waals surface area contributed by atoms with E-state index in [0.717, 1.165) is 0 Å². The van der Waals surface area contributed by atoms with Crippen molar-refractivity contribution >= 4 is 29.1 Å². The van der Waals surface area contributed by atoms with E-state index in [-0.39, 0.29) is 16.6 Å². The molecule has 12 heteroatoms. The highest BCUT2D eigenvalue weighted by atomic mass is 35.5. The molecule has 1 aromatic carbocycles. The van der Waals surface area contributed by atoms with Crippen LogP contribution in [0.2, 0.25) is 5.02 Å². The Bertz CT molecular complexity index is 973. The van der Waals surface area contributed by atoms with Gasteiger partial charge in [-0.15, -0.1) is 0 Å². The maximum Gasteiger partial charge on any atom is 0.452 e. The fourth-order valence-corrected chi connectivity index (χ4v) is 2.41. The monoisotopic (exact) mass is 416 g/mol. The number of halogens is 4. The third-order valence-corrected chi connectivity index (χ3v) is 3.61. The summed E-state index contributed by atoms with van der Waals surface area (Å²) >= 11 is 6.14. The van der Waals surface area contributed by atoms with Gasteiger partial charge in [0, 0.05) is 6.07 Å². The SMILES string of the molecule is CCOc1cc(-c2ncco2)c(NC(=O)Nc2cc(C(F)(F)F)on2)cc1Cl. The number of urea groups is 1. The van der Waals surface area contributed by atoms with Gasteiger partial charge in [0.25, 0.3) is 0 Å². The minimum absolute atomic E-state index is 0.175. The fourth-order valence-electron chi connectivity index (χ4n) is 2.19. The van der Waals surface area contributed by atoms with Gasteiger partial charge in [-0.25, -0.2) is 9.78 Å². The summed E-state index contributed by atoms with van der Waals surface area (Å²) in [5, 5.41) is 7.94. The number of aromatic nitrogens is 2. The zero-order valence-corrected chi connectivity index (χ0v) is 14.9. The quantitative estimate of drug-likeness (QED) is 0.603. The van der Waals surface area contributed by atoms with Crippen molar-refractivity contribution in [1.29, 1.82) is 0 Å². The van der Waals surface area contributed by atoms with Crippen LogP contribution < -0.4 is 15.4 Å². The van der Waals surface area contributed by atoms with Crippen molar-refractivity contribution in [1.82, 2.24) is 10.1 Å². The van der Waals surface area contributed by atoms with Crippen LogP contribution in [0.3, 0.4) is 0 Å². The number of nitrogens with one attached hydrogen (secondary N) is 2. The molecule has 0 spiro atoms. The van der Waals surface area contributed by atoms with E-state index in [1.165, 1.54) is 24.6 Å². The van der Waals surface area contributed by atoms with Gasteiger partial charge in [-0.1, -0.05) is 16.8 Å². The van der Waals surface area contributed by atoms with Gasteiger partial charge < -0.3 is 19.0 Å². The Hall–Kier alpha value is -3.21. The molecule has 2 N–H and O–H groups in total. The van der Waals surface area contributed by atoms with Gasteiger partial charge in [-0.05, 0) is 19.1 Å². The standard InChI is InChI=1S/C16H12ClF3N4O4/c1-2-26-11-5-8(14-21-3-4-27-14)10(6-9(11)17)22-15(25)23-13-7-12(28-24-13)16(18,19)20/h3-7H,2H2,1H3,(H2,22,23,24,25). The summed E-state index contributed by atoms with van der Waals surface area (Å²) in [5.74, 6) is -1.24. The van der Waals surface area contributed by atoms with Crippen LogP contribution in [-0.4, -0.2) is 22.8 Å². The summed E-state index contributed by atoms with van der Waals surface area (Å²) in [5.41, 5.74) is 0.539. The Balaban J connectivity index is 1.83. The number of benzene rings is 1. The Morgan fingerprint density at radius 2 is 2.07 bits per heavy atom. The first-order valence-electron chi connectivity index (χ1n) is 7.76. The number of carbonyl (C=O) groups excluding carboxylic acids is 1. The molecule has 0 saturated carbocycles. The number of rotatable bonds is 5. The van der Waals surface area contributed by atoms with Crippen molar-refractivity contribution in [2.24, 2.45) is 0 Å². The molecule has 2 aromatic heterocycles. The van der Waals surface area contributed by atoms with E-state index < -0.39 is 23.8 Å². The van der Waals surface area contributed by atoms with Crippen LogP contribution in [0.4, 0.5) is 29.5 Å². The molecule has 2 heterocycles. The lowest BCUT2D eigenvalue weighted by atomic mass is 10.1. The predicted octanol–water partition coefficient (Wildman–Crippen LogP) is 5.04. The van der Waals surface area contributed by atoms with Crippen LogP contribution in [-0.2, 0) is 6.18 Å². The molecule has 8 nitrogen and oxygen atoms in total. The first-order chi connectivity index (χ1) is 13.3. The highest BCUT2D eigenvalue weighted by molar-refractivity contribution is 6.32. The Labute approximate surface area is 160 Å². The van der Waals surface area contributed by atoms with Gasteiger partial charge in [-0.2, -0.15) is 13.2 Å². The van der Waals surface area contributed by atoms with Crippen molar-refractivity contribution in [3.05, 3.63) is 41.4 Å². The molecule has 3 rings (SSSR count). The van der Waals surface area contributed by atoms with E-state index >= 15 is 0 Å². The average Bonchev–Trinajstić information content (AvgIpc) is 3.28. The second kappa shape index (κ2) is 7.80. The Morgan fingerprint density at radius 3 is 2.68 bits per heavy atom. The molecule has 0 aliphatic heterocycles. The molecule has 0 bridgehead atoms. The van der Waals surface area contributed by atoms with Gasteiger partial charge in [0.15, 0.2) is 5.82 Å². The van der Waals surface area contributed by atoms with Crippen molar-refractivity contribution in [2.75, 3.05) is 17.2 Å². The van der Waals surface area contributed by atoms with Gasteiger partial charge in [0.1, 0.15) is 12.0 Å². The van der Waals surface area contributed by atoms with E-state index in [0.29, 0.717) is 24.0 Å². The molecule has 0 saturated heterocycles. The first kappa shape index (κ1) is 19.5. The van der Waals surface area contributed by atoms with E-state index in [1.54, 1.807) is 6.92 Å². The van der Waals surface area contributed by atoms with Gasteiger partial charge in [0.2, 0.25) is 11.7 Å². The average molecular weight is 417 g/mol. The van der Waals surface area contributed by atoms with E-state index in [1.807, 2.05) is 0 Å². The summed E-state index contributed by atoms with van der Waals surface area (Å²) < 4.78 is 52.4. The minimum Gasteiger partial charge on any atom is -0.492 e. The molecule has 0 fully saturated rings. The number of nitrogens with zero attached hydrogens (tertiary/aromatic N) is 2. The smallest absolute Gasteiger partial charge is 0.452 e. The fraction of sp³-hybridized carbons (Fsp3) is 0.188. The molecule has 148 valence electrons. The van der Waals surface area contributed by atoms with Crippen molar-refractivity contribution in [3.63, 3.8) is 0 Å². The number of amides is 2. The summed E-state index contributed by atoms with van der Waals surface area (Å²) in [7, 11) is 0. The van der Waals surface area contributed by atoms with E-state index in [2.05, 4.69) is 25.3 Å². The molecular weight excluding hydrogens is 405 g/mol. The molecule has 0 aliphatic carbocycles. The molecular formula is C16H12ClF3N4O4. The number of oxazole rings is 1. The van der Waals surface area contributed by atoms with Crippen LogP contribution in [0.5, 0.6) is 5.75 Å². The van der Waals surface area contributed by atoms with Gasteiger partial charge in [-0.3, -0.25) is 5.32 Å². The number of alkyl halides is 3. The third-order valence-electron chi connectivity index (χ3n) is 3.31. The molecule has 28 heavy (non-hydrogen) atoms. The maximum absolute atomic E-state index is 12.5. The molecule has 0 radical (unpaired) electrons. The normalized spacial score (nSPS) is 11.3. The second-order valence-electron chi connectivity index (χ2n) is 5.25. The molecule has 3 aromatic rings. The summed E-state index contributed by atoms with van der Waals surface area (Å²) in [6.07, 6.45) is -1.98. The highest BCUT2D eigenvalue weighted by Crippen LogP contribution is 2.37. The van der Waals surface area contributed by atoms with Crippen LogP contribution in [0.15, 0.2) is 39.6 Å². The number of anilines is 2. The summed E-state index contributed by atoms with van der Waals surface area (Å²) in [6.45, 7) is 2.12. The summed E-state index contributed by atoms with van der Waals surface area (Å²) in [6, 6.07) is 2.59. The number of hydrogen-bond donors (Lipinski definition) is 2. The van der Waals surface area contributed by atoms with Crippen molar-refractivity contribution < 1.29 is 31.6 Å². The van der Waals surface area contributed by atoms with Crippen LogP contribution >= 0.6 is 11.6 Å². The second-order valence-corrected chi connectivity index (χ2v) is 5.66. The largest absolute Gasteiger partial charge is 0.492 e. The molecule has 0 unspecified atom stereocenters. The molecule has 0 aliphatic rings. The summed E-state index contributed by atoms with van der Waals surface area (Å²) in [4.78, 5) is 16.2. The van der Waals surface area contributed by atoms with Gasteiger partial charge in [0.05, 0.1) is 29.1 Å². The van der Waals surface area contributed by atoms with E-state index in [4.69, 9.17) is 20.8 Å². The number of hydrogen-bond acceptors (Lipinski definition) is 6. The lowest BCUT2D eigenvalue weighted by Gasteiger charge is -2.13. The van der Waals surface area contributed by atoms with Crippen LogP contribution in [0.1, 0.15) is 12.7 Å². The maximum atomic E-state index is 12.5.